The lowest BCUT2D eigenvalue weighted by molar-refractivity contribution is 0.163. The minimum atomic E-state index is 0.624. The van der Waals surface area contributed by atoms with Crippen LogP contribution in [0.3, 0.4) is 0 Å². The van der Waals surface area contributed by atoms with Gasteiger partial charge in [-0.15, -0.1) is 0 Å². The van der Waals surface area contributed by atoms with Gasteiger partial charge in [0.15, 0.2) is 0 Å². The summed E-state index contributed by atoms with van der Waals surface area (Å²) in [6.07, 6.45) is 6.63. The number of aromatic nitrogens is 2. The third-order valence-electron chi connectivity index (χ3n) is 4.23. The van der Waals surface area contributed by atoms with Gasteiger partial charge in [0.1, 0.15) is 5.82 Å². The van der Waals surface area contributed by atoms with Crippen molar-refractivity contribution in [2.24, 2.45) is 5.92 Å². The smallest absolute Gasteiger partial charge is 0.105 e. The minimum absolute atomic E-state index is 0.624. The monoisotopic (exact) mass is 264 g/mol. The van der Waals surface area contributed by atoms with Crippen LogP contribution >= 0.6 is 0 Å². The summed E-state index contributed by atoms with van der Waals surface area (Å²) in [4.78, 5) is 6.91. The number of aryl methyl sites for hydroxylation is 1. The van der Waals surface area contributed by atoms with Gasteiger partial charge in [-0.05, 0) is 52.6 Å². The van der Waals surface area contributed by atoms with E-state index in [1.807, 2.05) is 6.20 Å². The molecular formula is C15H28N4. The third kappa shape index (κ3) is 4.32. The summed E-state index contributed by atoms with van der Waals surface area (Å²) in [5, 5.41) is 3.45. The van der Waals surface area contributed by atoms with E-state index in [4.69, 9.17) is 0 Å². The van der Waals surface area contributed by atoms with E-state index in [9.17, 15) is 0 Å². The fourth-order valence-corrected chi connectivity index (χ4v) is 2.83. The molecule has 108 valence electrons. The third-order valence-corrected chi connectivity index (χ3v) is 4.23. The van der Waals surface area contributed by atoms with Crippen LogP contribution in [0.25, 0.3) is 0 Å². The van der Waals surface area contributed by atoms with E-state index in [1.54, 1.807) is 0 Å². The zero-order valence-electron chi connectivity index (χ0n) is 12.6. The van der Waals surface area contributed by atoms with Crippen LogP contribution in [0.2, 0.25) is 0 Å². The van der Waals surface area contributed by atoms with Gasteiger partial charge in [-0.3, -0.25) is 4.90 Å². The van der Waals surface area contributed by atoms with Crippen molar-refractivity contribution in [1.82, 2.24) is 19.8 Å². The number of nitrogens with zero attached hydrogens (tertiary/aromatic N) is 3. The maximum atomic E-state index is 4.29. The Bertz CT molecular complexity index is 366. The van der Waals surface area contributed by atoms with Crippen LogP contribution < -0.4 is 5.32 Å². The largest absolute Gasteiger partial charge is 0.334 e. The van der Waals surface area contributed by atoms with E-state index < -0.39 is 0 Å². The first-order valence-electron chi connectivity index (χ1n) is 7.59. The van der Waals surface area contributed by atoms with Crippen molar-refractivity contribution >= 4 is 0 Å². The lowest BCUT2D eigenvalue weighted by atomic mass is 9.97. The Balaban J connectivity index is 1.83. The summed E-state index contributed by atoms with van der Waals surface area (Å²) < 4.78 is 2.25. The minimum Gasteiger partial charge on any atom is -0.334 e. The lowest BCUT2D eigenvalue weighted by Crippen LogP contribution is -2.40. The van der Waals surface area contributed by atoms with Crippen molar-refractivity contribution in [2.75, 3.05) is 26.2 Å². The Morgan fingerprint density at radius 2 is 2.16 bits per heavy atom. The zero-order chi connectivity index (χ0) is 13.7. The van der Waals surface area contributed by atoms with E-state index in [2.05, 4.69) is 46.7 Å². The first-order valence-corrected chi connectivity index (χ1v) is 7.59. The molecule has 1 fully saturated rings. The molecule has 2 heterocycles. The Labute approximate surface area is 117 Å². The Morgan fingerprint density at radius 3 is 2.74 bits per heavy atom. The second kappa shape index (κ2) is 7.06. The Hall–Kier alpha value is -0.870. The molecule has 0 aliphatic carbocycles. The van der Waals surface area contributed by atoms with Gasteiger partial charge < -0.3 is 9.88 Å². The van der Waals surface area contributed by atoms with Crippen LogP contribution in [-0.2, 0) is 6.54 Å². The van der Waals surface area contributed by atoms with Crippen LogP contribution in [-0.4, -0.2) is 46.7 Å². The summed E-state index contributed by atoms with van der Waals surface area (Å²) in [5.41, 5.74) is 0. The van der Waals surface area contributed by atoms with Crippen molar-refractivity contribution in [3.63, 3.8) is 0 Å². The molecule has 0 aromatic carbocycles. The zero-order valence-corrected chi connectivity index (χ0v) is 12.6. The number of hydrogen-bond donors (Lipinski definition) is 1. The summed E-state index contributed by atoms with van der Waals surface area (Å²) >= 11 is 0. The molecule has 0 spiro atoms. The summed E-state index contributed by atoms with van der Waals surface area (Å²) in [6.45, 7) is 12.5. The molecule has 0 amide bonds. The number of piperidine rings is 1. The highest BCUT2D eigenvalue weighted by Gasteiger charge is 2.18. The molecule has 1 aliphatic rings. The average molecular weight is 264 g/mol. The van der Waals surface area contributed by atoms with Crippen molar-refractivity contribution in [1.29, 1.82) is 0 Å². The topological polar surface area (TPSA) is 33.1 Å². The fourth-order valence-electron chi connectivity index (χ4n) is 2.83. The molecule has 4 nitrogen and oxygen atoms in total. The normalized spacial score (nSPS) is 17.5. The highest BCUT2D eigenvalue weighted by Crippen LogP contribution is 2.15. The summed E-state index contributed by atoms with van der Waals surface area (Å²) in [7, 11) is 0. The van der Waals surface area contributed by atoms with Crippen LogP contribution in [0.15, 0.2) is 12.4 Å². The molecule has 0 unspecified atom stereocenters. The van der Waals surface area contributed by atoms with E-state index in [-0.39, 0.29) is 0 Å². The molecule has 2 rings (SSSR count). The van der Waals surface area contributed by atoms with Crippen molar-refractivity contribution in [3.05, 3.63) is 18.2 Å². The van der Waals surface area contributed by atoms with Crippen LogP contribution in [0.1, 0.15) is 32.5 Å². The van der Waals surface area contributed by atoms with Crippen molar-refractivity contribution in [3.8, 4) is 0 Å². The van der Waals surface area contributed by atoms with E-state index in [1.165, 1.54) is 32.5 Å². The van der Waals surface area contributed by atoms with Gasteiger partial charge in [-0.1, -0.05) is 0 Å². The average Bonchev–Trinajstić information content (AvgIpc) is 2.81. The van der Waals surface area contributed by atoms with Gasteiger partial charge in [0.2, 0.25) is 0 Å². The van der Waals surface area contributed by atoms with Gasteiger partial charge in [0.25, 0.3) is 0 Å². The van der Waals surface area contributed by atoms with Gasteiger partial charge in [0, 0.05) is 38.1 Å². The number of imidazole rings is 1. The maximum Gasteiger partial charge on any atom is 0.105 e. The van der Waals surface area contributed by atoms with Crippen LogP contribution in [0, 0.1) is 12.8 Å². The number of hydrogen-bond acceptors (Lipinski definition) is 3. The molecule has 1 aromatic rings. The first kappa shape index (κ1) is 14.5. The molecule has 0 radical (unpaired) electrons. The van der Waals surface area contributed by atoms with Gasteiger partial charge in [0.05, 0.1) is 0 Å². The number of nitrogens with one attached hydrogen (secondary N) is 1. The predicted octanol–water partition coefficient (Wildman–Crippen LogP) is 1.90. The van der Waals surface area contributed by atoms with E-state index in [0.29, 0.717) is 6.04 Å². The van der Waals surface area contributed by atoms with Gasteiger partial charge in [-0.25, -0.2) is 4.98 Å². The van der Waals surface area contributed by atoms with Crippen molar-refractivity contribution in [2.45, 2.75) is 46.2 Å². The molecule has 1 N–H and O–H groups in total. The molecule has 1 aromatic heterocycles. The fraction of sp³-hybridized carbons (Fsp3) is 0.800. The molecule has 0 atom stereocenters. The van der Waals surface area contributed by atoms with Gasteiger partial charge in [-0.2, -0.15) is 0 Å². The second-order valence-corrected chi connectivity index (χ2v) is 5.95. The first-order chi connectivity index (χ1) is 9.16. The molecular weight excluding hydrogens is 236 g/mol. The molecule has 19 heavy (non-hydrogen) atoms. The van der Waals surface area contributed by atoms with E-state index >= 15 is 0 Å². The second-order valence-electron chi connectivity index (χ2n) is 5.95. The number of rotatable bonds is 6. The molecule has 4 heteroatoms. The maximum absolute atomic E-state index is 4.29. The molecule has 1 saturated heterocycles. The quantitative estimate of drug-likeness (QED) is 0.852. The van der Waals surface area contributed by atoms with E-state index in [0.717, 1.165) is 24.8 Å². The Morgan fingerprint density at radius 1 is 1.42 bits per heavy atom. The standard InChI is InChI=1S/C15H28N4/c1-13(2)19(12-15-4-6-16-7-5-15)11-10-18-9-8-17-14(18)3/h8-9,13,15-16H,4-7,10-12H2,1-3H3. The summed E-state index contributed by atoms with van der Waals surface area (Å²) in [6, 6.07) is 0.624. The van der Waals surface area contributed by atoms with Crippen molar-refractivity contribution < 1.29 is 0 Å². The molecule has 0 saturated carbocycles. The molecule has 0 bridgehead atoms. The predicted molar refractivity (Wildman–Crippen MR) is 79.3 cm³/mol. The van der Waals surface area contributed by atoms with Crippen LogP contribution in [0.4, 0.5) is 0 Å². The SMILES string of the molecule is Cc1nccn1CCN(CC1CCNCC1)C(C)C. The summed E-state index contributed by atoms with van der Waals surface area (Å²) in [5.74, 6) is 1.98. The van der Waals surface area contributed by atoms with Gasteiger partial charge >= 0.3 is 0 Å². The van der Waals surface area contributed by atoms with Crippen LogP contribution in [0.5, 0.6) is 0 Å². The Kier molecular flexibility index (Phi) is 5.40. The lowest BCUT2D eigenvalue weighted by Gasteiger charge is -2.32. The highest BCUT2D eigenvalue weighted by molar-refractivity contribution is 4.88. The highest BCUT2D eigenvalue weighted by atomic mass is 15.2. The molecule has 1 aliphatic heterocycles.